The van der Waals surface area contributed by atoms with Gasteiger partial charge in [-0.1, -0.05) is 30.7 Å². The molecule has 1 aliphatic carbocycles. The molecular weight excluding hydrogens is 444 g/mol. The fourth-order valence-electron chi connectivity index (χ4n) is 4.62. The fourth-order valence-corrected chi connectivity index (χ4v) is 4.84. The smallest absolute Gasteiger partial charge is 0.274 e. The van der Waals surface area contributed by atoms with Gasteiger partial charge in [-0.3, -0.25) is 19.2 Å². The number of fused-ring (bicyclic) bond motifs is 1. The van der Waals surface area contributed by atoms with E-state index in [1.165, 1.54) is 13.2 Å². The molecule has 0 aromatic heterocycles. The van der Waals surface area contributed by atoms with Gasteiger partial charge in [0.15, 0.2) is 5.78 Å². The number of methoxy groups -OCH3 is 1. The molecular formula is C25H25ClN2O5. The molecule has 3 amide bonds. The maximum absolute atomic E-state index is 13.5. The number of halogens is 1. The first-order chi connectivity index (χ1) is 15.8. The lowest BCUT2D eigenvalue weighted by Crippen LogP contribution is -2.52. The third-order valence-corrected chi connectivity index (χ3v) is 6.78. The molecule has 0 N–H and O–H groups in total. The Morgan fingerprint density at radius 1 is 1.03 bits per heavy atom. The van der Waals surface area contributed by atoms with Crippen molar-refractivity contribution in [3.63, 3.8) is 0 Å². The maximum Gasteiger partial charge on any atom is 0.274 e. The average molecular weight is 469 g/mol. The van der Waals surface area contributed by atoms with Crippen molar-refractivity contribution in [3.05, 3.63) is 64.7 Å². The molecule has 33 heavy (non-hydrogen) atoms. The van der Waals surface area contributed by atoms with Crippen LogP contribution in [-0.4, -0.2) is 47.2 Å². The number of nitrogens with zero attached hydrogens (tertiary/aromatic N) is 2. The molecule has 2 fully saturated rings. The topological polar surface area (TPSA) is 84.0 Å². The van der Waals surface area contributed by atoms with Crippen LogP contribution in [-0.2, 0) is 9.59 Å². The van der Waals surface area contributed by atoms with Gasteiger partial charge in [-0.25, -0.2) is 5.01 Å². The largest absolute Gasteiger partial charge is 0.497 e. The summed E-state index contributed by atoms with van der Waals surface area (Å²) < 4.78 is 5.12. The van der Waals surface area contributed by atoms with E-state index in [2.05, 4.69) is 6.92 Å². The number of benzene rings is 2. The standard InChI is InChI=1S/C25H25ClN2O5/c1-15-7-12-18-20(13-15)25(32)28(24(18)31)27(23(30)19-5-3-4-6-21(19)26)14-22(29)16-8-10-17(33-2)11-9-16/h3-6,8-11,15,18,20H,7,12-14H2,1-2H3/t15-,18+,20-/m0/s1. The summed E-state index contributed by atoms with van der Waals surface area (Å²) in [5, 5.41) is 2.02. The van der Waals surface area contributed by atoms with Crippen molar-refractivity contribution >= 4 is 35.1 Å². The van der Waals surface area contributed by atoms with Crippen molar-refractivity contribution in [1.29, 1.82) is 0 Å². The Balaban J connectivity index is 1.69. The van der Waals surface area contributed by atoms with Gasteiger partial charge in [-0.2, -0.15) is 5.01 Å². The lowest BCUT2D eigenvalue weighted by molar-refractivity contribution is -0.154. The van der Waals surface area contributed by atoms with E-state index >= 15 is 0 Å². The van der Waals surface area contributed by atoms with E-state index in [1.54, 1.807) is 42.5 Å². The predicted molar refractivity (Wildman–Crippen MR) is 122 cm³/mol. The monoisotopic (exact) mass is 468 g/mol. The Morgan fingerprint density at radius 3 is 2.36 bits per heavy atom. The van der Waals surface area contributed by atoms with E-state index < -0.39 is 41.9 Å². The highest BCUT2D eigenvalue weighted by Crippen LogP contribution is 2.41. The van der Waals surface area contributed by atoms with Gasteiger partial charge < -0.3 is 4.74 Å². The fraction of sp³-hybridized carbons (Fsp3) is 0.360. The third-order valence-electron chi connectivity index (χ3n) is 6.45. The molecule has 1 saturated carbocycles. The highest BCUT2D eigenvalue weighted by atomic mass is 35.5. The average Bonchev–Trinajstić information content (AvgIpc) is 3.06. The van der Waals surface area contributed by atoms with Crippen molar-refractivity contribution in [2.24, 2.45) is 17.8 Å². The molecule has 0 unspecified atom stereocenters. The summed E-state index contributed by atoms with van der Waals surface area (Å²) in [7, 11) is 1.52. The zero-order valence-electron chi connectivity index (χ0n) is 18.5. The Kier molecular flexibility index (Phi) is 6.51. The minimum Gasteiger partial charge on any atom is -0.497 e. The van der Waals surface area contributed by atoms with Gasteiger partial charge in [0.05, 0.1) is 29.5 Å². The zero-order chi connectivity index (χ0) is 23.7. The molecule has 0 spiro atoms. The number of rotatable bonds is 6. The molecule has 0 bridgehead atoms. The van der Waals surface area contributed by atoms with Crippen LogP contribution in [0.4, 0.5) is 0 Å². The normalized spacial score (nSPS) is 22.2. The highest BCUT2D eigenvalue weighted by molar-refractivity contribution is 6.34. The molecule has 2 aromatic carbocycles. The summed E-state index contributed by atoms with van der Waals surface area (Å²) in [6.07, 6.45) is 2.02. The van der Waals surface area contributed by atoms with Crippen LogP contribution in [0, 0.1) is 17.8 Å². The van der Waals surface area contributed by atoms with E-state index in [9.17, 15) is 19.2 Å². The van der Waals surface area contributed by atoms with Crippen molar-refractivity contribution < 1.29 is 23.9 Å². The number of carbonyl (C=O) groups excluding carboxylic acids is 4. The highest BCUT2D eigenvalue weighted by Gasteiger charge is 2.52. The maximum atomic E-state index is 13.5. The first-order valence-corrected chi connectivity index (χ1v) is 11.3. The van der Waals surface area contributed by atoms with Crippen LogP contribution < -0.4 is 4.74 Å². The molecule has 8 heteroatoms. The lowest BCUT2D eigenvalue weighted by Gasteiger charge is -2.30. The Labute approximate surface area is 197 Å². The lowest BCUT2D eigenvalue weighted by atomic mass is 9.76. The number of Topliss-reactive ketones (excluding diaryl/α,β-unsaturated/α-hetero) is 1. The summed E-state index contributed by atoms with van der Waals surface area (Å²) in [5.41, 5.74) is 0.448. The summed E-state index contributed by atoms with van der Waals surface area (Å²) in [6.45, 7) is 1.58. The summed E-state index contributed by atoms with van der Waals surface area (Å²) in [4.78, 5) is 53.2. The van der Waals surface area contributed by atoms with Gasteiger partial charge in [0.2, 0.25) is 0 Å². The molecule has 172 valence electrons. The molecule has 4 rings (SSSR count). The molecule has 7 nitrogen and oxygen atoms in total. The second-order valence-electron chi connectivity index (χ2n) is 8.61. The molecule has 0 radical (unpaired) electrons. The second-order valence-corrected chi connectivity index (χ2v) is 9.02. The molecule has 2 aromatic rings. The minimum atomic E-state index is -0.671. The Hall–Kier alpha value is -3.19. The molecule has 2 aliphatic rings. The number of imide groups is 1. The summed E-state index contributed by atoms with van der Waals surface area (Å²) in [5.74, 6) is -1.99. The zero-order valence-corrected chi connectivity index (χ0v) is 19.2. The first-order valence-electron chi connectivity index (χ1n) is 10.9. The number of ether oxygens (including phenoxy) is 1. The number of carbonyl (C=O) groups is 4. The van der Waals surface area contributed by atoms with E-state index in [0.29, 0.717) is 30.1 Å². The van der Waals surface area contributed by atoms with E-state index in [-0.39, 0.29) is 10.6 Å². The third kappa shape index (κ3) is 4.37. The molecule has 1 aliphatic heterocycles. The van der Waals surface area contributed by atoms with Crippen LogP contribution in [0.25, 0.3) is 0 Å². The van der Waals surface area contributed by atoms with Crippen LogP contribution >= 0.6 is 11.6 Å². The van der Waals surface area contributed by atoms with Gasteiger partial charge in [0, 0.05) is 5.56 Å². The van der Waals surface area contributed by atoms with Crippen LogP contribution in [0.15, 0.2) is 48.5 Å². The second kappa shape index (κ2) is 9.35. The van der Waals surface area contributed by atoms with E-state index in [0.717, 1.165) is 16.4 Å². The van der Waals surface area contributed by atoms with E-state index in [1.807, 2.05) is 0 Å². The number of hydrazine groups is 1. The van der Waals surface area contributed by atoms with Crippen LogP contribution in [0.5, 0.6) is 5.75 Å². The van der Waals surface area contributed by atoms with Gasteiger partial charge in [-0.15, -0.1) is 0 Å². The number of amides is 3. The van der Waals surface area contributed by atoms with Gasteiger partial charge in [0.25, 0.3) is 17.7 Å². The molecule has 1 heterocycles. The molecule has 3 atom stereocenters. The van der Waals surface area contributed by atoms with Gasteiger partial charge in [0.1, 0.15) is 12.3 Å². The number of hydrogen-bond acceptors (Lipinski definition) is 5. The Bertz CT molecular complexity index is 1100. The Morgan fingerprint density at radius 2 is 1.70 bits per heavy atom. The summed E-state index contributed by atoms with van der Waals surface area (Å²) >= 11 is 6.24. The summed E-state index contributed by atoms with van der Waals surface area (Å²) in [6, 6.07) is 12.8. The predicted octanol–water partition coefficient (Wildman–Crippen LogP) is 4.01. The number of hydrogen-bond donors (Lipinski definition) is 0. The first kappa shape index (κ1) is 23.0. The quantitative estimate of drug-likeness (QED) is 0.472. The van der Waals surface area contributed by atoms with Crippen molar-refractivity contribution in [3.8, 4) is 5.75 Å². The van der Waals surface area contributed by atoms with E-state index in [4.69, 9.17) is 16.3 Å². The molecule has 1 saturated heterocycles. The van der Waals surface area contributed by atoms with Crippen molar-refractivity contribution in [1.82, 2.24) is 10.0 Å². The van der Waals surface area contributed by atoms with Crippen LogP contribution in [0.3, 0.4) is 0 Å². The van der Waals surface area contributed by atoms with Crippen molar-refractivity contribution in [2.75, 3.05) is 13.7 Å². The SMILES string of the molecule is COc1ccc(C(=O)CN(C(=O)c2ccccc2Cl)N2C(=O)[C@H]3C[C@@H](C)CC[C@H]3C2=O)cc1. The number of ketones is 1. The van der Waals surface area contributed by atoms with Crippen LogP contribution in [0.1, 0.15) is 46.9 Å². The minimum absolute atomic E-state index is 0.116. The van der Waals surface area contributed by atoms with Crippen LogP contribution in [0.2, 0.25) is 5.02 Å². The van der Waals surface area contributed by atoms with Crippen molar-refractivity contribution in [2.45, 2.75) is 26.2 Å². The van der Waals surface area contributed by atoms with Gasteiger partial charge in [-0.05, 0) is 61.6 Å². The van der Waals surface area contributed by atoms with Gasteiger partial charge >= 0.3 is 0 Å².